The lowest BCUT2D eigenvalue weighted by molar-refractivity contribution is -0.707. The number of fused-ring (bicyclic) bond motifs is 1. The van der Waals surface area contributed by atoms with Gasteiger partial charge in [0.25, 0.3) is 5.91 Å². The molecular formula is C23H37N2O3S+. The number of rotatable bonds is 6. The highest BCUT2D eigenvalue weighted by Gasteiger charge is 2.31. The smallest absolute Gasteiger partial charge is 0.341 e. The summed E-state index contributed by atoms with van der Waals surface area (Å²) in [6.45, 7) is 6.40. The minimum absolute atomic E-state index is 0.00995. The average molecular weight is 422 g/mol. The van der Waals surface area contributed by atoms with Gasteiger partial charge in [-0.15, -0.1) is 11.3 Å². The van der Waals surface area contributed by atoms with Crippen LogP contribution >= 0.6 is 11.3 Å². The minimum atomic E-state index is -0.300. The highest BCUT2D eigenvalue weighted by molar-refractivity contribution is 7.17. The lowest BCUT2D eigenvalue weighted by Crippen LogP contribution is -2.96. The Bertz CT molecular complexity index is 707. The lowest BCUT2D eigenvalue weighted by atomic mass is 9.88. The predicted octanol–water partition coefficient (Wildman–Crippen LogP) is 4.05. The second kappa shape index (κ2) is 10.6. The van der Waals surface area contributed by atoms with Crippen LogP contribution in [0.4, 0.5) is 5.00 Å². The molecule has 1 heterocycles. The van der Waals surface area contributed by atoms with Crippen molar-refractivity contribution in [3.05, 3.63) is 16.0 Å². The number of esters is 1. The van der Waals surface area contributed by atoms with Crippen LogP contribution in [0.2, 0.25) is 0 Å². The van der Waals surface area contributed by atoms with Crippen LogP contribution in [0.5, 0.6) is 0 Å². The van der Waals surface area contributed by atoms with E-state index in [4.69, 9.17) is 4.74 Å². The molecule has 2 aliphatic carbocycles. The molecule has 0 aromatic carbocycles. The standard InChI is InChI=1S/C23H36N2O3S/c1-4-28-23(27)20-18-13-12-15(2)14-19(18)29-22(20)25-21(26)16(3)24-17-10-8-6-5-7-9-11-17/h15-17,24H,4-14H2,1-3H3,(H,25,26)/p+1/t15-,16+/m0/s1. The first-order valence-corrected chi connectivity index (χ1v) is 12.3. The molecule has 162 valence electrons. The Kier molecular flexibility index (Phi) is 8.13. The molecule has 3 N–H and O–H groups in total. The third-order valence-corrected chi connectivity index (χ3v) is 7.52. The topological polar surface area (TPSA) is 72.0 Å². The average Bonchev–Trinajstić information content (AvgIpc) is 3.00. The third-order valence-electron chi connectivity index (χ3n) is 6.35. The van der Waals surface area contributed by atoms with Gasteiger partial charge in [-0.25, -0.2) is 4.79 Å². The van der Waals surface area contributed by atoms with Gasteiger partial charge >= 0.3 is 5.97 Å². The first kappa shape index (κ1) is 22.3. The minimum Gasteiger partial charge on any atom is -0.462 e. The summed E-state index contributed by atoms with van der Waals surface area (Å²) in [5.41, 5.74) is 1.70. The molecule has 0 saturated heterocycles. The van der Waals surface area contributed by atoms with Gasteiger partial charge in [0.1, 0.15) is 5.00 Å². The molecule has 1 saturated carbocycles. The molecule has 6 heteroatoms. The maximum absolute atomic E-state index is 13.0. The van der Waals surface area contributed by atoms with E-state index >= 15 is 0 Å². The highest BCUT2D eigenvalue weighted by Crippen LogP contribution is 2.40. The van der Waals surface area contributed by atoms with Gasteiger partial charge < -0.3 is 15.4 Å². The molecule has 1 aromatic rings. The number of nitrogens with two attached hydrogens (primary N) is 1. The van der Waals surface area contributed by atoms with Crippen molar-refractivity contribution in [1.82, 2.24) is 0 Å². The van der Waals surface area contributed by atoms with Crippen LogP contribution in [0.1, 0.15) is 92.9 Å². The van der Waals surface area contributed by atoms with Crippen molar-refractivity contribution in [2.24, 2.45) is 5.92 Å². The monoisotopic (exact) mass is 421 g/mol. The fourth-order valence-electron chi connectivity index (χ4n) is 4.66. The zero-order chi connectivity index (χ0) is 20.8. The molecule has 3 rings (SSSR count). The number of ether oxygens (including phenoxy) is 1. The lowest BCUT2D eigenvalue weighted by Gasteiger charge is -2.21. The largest absolute Gasteiger partial charge is 0.462 e. The molecule has 0 aliphatic heterocycles. The molecule has 29 heavy (non-hydrogen) atoms. The van der Waals surface area contributed by atoms with E-state index in [1.54, 1.807) is 11.3 Å². The maximum atomic E-state index is 13.0. The number of nitrogens with one attached hydrogen (secondary N) is 1. The van der Waals surface area contributed by atoms with Crippen molar-refractivity contribution in [2.75, 3.05) is 11.9 Å². The van der Waals surface area contributed by atoms with Crippen LogP contribution in [0.15, 0.2) is 0 Å². The molecular weight excluding hydrogens is 384 g/mol. The maximum Gasteiger partial charge on any atom is 0.341 e. The predicted molar refractivity (Wildman–Crippen MR) is 118 cm³/mol. The molecule has 1 aromatic heterocycles. The zero-order valence-electron chi connectivity index (χ0n) is 18.2. The summed E-state index contributed by atoms with van der Waals surface area (Å²) in [7, 11) is 0. The van der Waals surface area contributed by atoms with Gasteiger partial charge in [0.05, 0.1) is 18.2 Å². The van der Waals surface area contributed by atoms with E-state index in [0.29, 0.717) is 29.1 Å². The van der Waals surface area contributed by atoms with Crippen molar-refractivity contribution >= 4 is 28.2 Å². The summed E-state index contributed by atoms with van der Waals surface area (Å²) in [5.74, 6) is 0.307. The second-order valence-electron chi connectivity index (χ2n) is 8.85. The summed E-state index contributed by atoms with van der Waals surface area (Å²) < 4.78 is 5.32. The van der Waals surface area contributed by atoms with E-state index in [1.165, 1.54) is 49.8 Å². The molecule has 5 nitrogen and oxygen atoms in total. The van der Waals surface area contributed by atoms with Crippen molar-refractivity contribution in [2.45, 2.75) is 97.1 Å². The summed E-state index contributed by atoms with van der Waals surface area (Å²) >= 11 is 1.57. The van der Waals surface area contributed by atoms with Crippen LogP contribution in [0.3, 0.4) is 0 Å². The molecule has 0 spiro atoms. The van der Waals surface area contributed by atoms with Gasteiger partial charge in [0, 0.05) is 4.88 Å². The van der Waals surface area contributed by atoms with Gasteiger partial charge in [-0.05, 0) is 70.3 Å². The van der Waals surface area contributed by atoms with Crippen molar-refractivity contribution < 1.29 is 19.6 Å². The number of thiophene rings is 1. The zero-order valence-corrected chi connectivity index (χ0v) is 19.0. The van der Waals surface area contributed by atoms with Crippen molar-refractivity contribution in [1.29, 1.82) is 0 Å². The summed E-state index contributed by atoms with van der Waals surface area (Å²) in [6.07, 6.45) is 11.8. The quantitative estimate of drug-likeness (QED) is 0.681. The summed E-state index contributed by atoms with van der Waals surface area (Å²) in [5, 5.41) is 6.01. The van der Waals surface area contributed by atoms with Crippen molar-refractivity contribution in [3.63, 3.8) is 0 Å². The Hall–Kier alpha value is -1.40. The van der Waals surface area contributed by atoms with E-state index in [0.717, 1.165) is 24.8 Å². The number of hydrogen-bond acceptors (Lipinski definition) is 4. The summed E-state index contributed by atoms with van der Waals surface area (Å²) in [4.78, 5) is 26.8. The van der Waals surface area contributed by atoms with Gasteiger partial charge in [-0.2, -0.15) is 0 Å². The number of anilines is 1. The van der Waals surface area contributed by atoms with Gasteiger partial charge in [0.2, 0.25) is 0 Å². The number of hydrogen-bond donors (Lipinski definition) is 2. The Morgan fingerprint density at radius 3 is 2.55 bits per heavy atom. The summed E-state index contributed by atoms with van der Waals surface area (Å²) in [6, 6.07) is 0.366. The van der Waals surface area contributed by atoms with E-state index in [1.807, 2.05) is 13.8 Å². The number of quaternary nitrogens is 1. The van der Waals surface area contributed by atoms with E-state index in [-0.39, 0.29) is 17.9 Å². The Morgan fingerprint density at radius 2 is 1.86 bits per heavy atom. The Morgan fingerprint density at radius 1 is 1.17 bits per heavy atom. The molecule has 2 atom stereocenters. The molecule has 2 aliphatic rings. The fourth-order valence-corrected chi connectivity index (χ4v) is 6.06. The van der Waals surface area contributed by atoms with Gasteiger partial charge in [-0.3, -0.25) is 4.79 Å². The first-order valence-electron chi connectivity index (χ1n) is 11.5. The highest BCUT2D eigenvalue weighted by atomic mass is 32.1. The van der Waals surface area contributed by atoms with Crippen LogP contribution in [0.25, 0.3) is 0 Å². The number of carbonyl (C=O) groups excluding carboxylic acids is 2. The number of amides is 1. The molecule has 1 amide bonds. The van der Waals surface area contributed by atoms with Gasteiger partial charge in [-0.1, -0.05) is 26.2 Å². The first-order chi connectivity index (χ1) is 14.0. The molecule has 0 radical (unpaired) electrons. The molecule has 1 fully saturated rings. The molecule has 0 bridgehead atoms. The normalized spacial score (nSPS) is 21.6. The van der Waals surface area contributed by atoms with E-state index in [9.17, 15) is 9.59 Å². The van der Waals surface area contributed by atoms with Crippen LogP contribution in [-0.4, -0.2) is 30.6 Å². The van der Waals surface area contributed by atoms with Crippen LogP contribution < -0.4 is 10.6 Å². The van der Waals surface area contributed by atoms with E-state index in [2.05, 4.69) is 17.6 Å². The second-order valence-corrected chi connectivity index (χ2v) is 9.96. The Balaban J connectivity index is 1.70. The molecule has 0 unspecified atom stereocenters. The van der Waals surface area contributed by atoms with Crippen LogP contribution in [-0.2, 0) is 22.4 Å². The van der Waals surface area contributed by atoms with Crippen molar-refractivity contribution in [3.8, 4) is 0 Å². The van der Waals surface area contributed by atoms with Gasteiger partial charge in [0.15, 0.2) is 6.04 Å². The van der Waals surface area contributed by atoms with E-state index < -0.39 is 0 Å². The Labute approximate surface area is 179 Å². The fraction of sp³-hybridized carbons (Fsp3) is 0.739. The SMILES string of the molecule is CCOC(=O)c1c(NC(=O)[C@@H](C)[NH2+]C2CCCCCCC2)sc2c1CC[C@H](C)C2. The number of carbonyl (C=O) groups is 2. The van der Waals surface area contributed by atoms with Crippen LogP contribution in [0, 0.1) is 5.92 Å². The third kappa shape index (κ3) is 5.82.